The van der Waals surface area contributed by atoms with E-state index < -0.39 is 0 Å². The normalized spacial score (nSPS) is 10.7. The summed E-state index contributed by atoms with van der Waals surface area (Å²) in [6.07, 6.45) is 0.752. The Balaban J connectivity index is 1.43. The molecule has 152 valence electrons. The van der Waals surface area contributed by atoms with E-state index in [4.69, 9.17) is 14.2 Å². The molecule has 0 N–H and O–H groups in total. The fourth-order valence-corrected chi connectivity index (χ4v) is 2.87. The number of hydrogen-bond donors (Lipinski definition) is 0. The van der Waals surface area contributed by atoms with Crippen molar-refractivity contribution in [1.82, 2.24) is 9.38 Å². The summed E-state index contributed by atoms with van der Waals surface area (Å²) < 4.78 is 17.7. The Kier molecular flexibility index (Phi) is 6.84. The smallest absolute Gasteiger partial charge is 0.306 e. The van der Waals surface area contributed by atoms with Crippen LogP contribution in [-0.2, 0) is 16.1 Å². The Hall–Kier alpha value is -3.35. The molecule has 0 atom stereocenters. The minimum absolute atomic E-state index is 0.0295. The Bertz CT molecular complexity index is 1030. The van der Waals surface area contributed by atoms with Crippen molar-refractivity contribution in [2.75, 3.05) is 13.2 Å². The Morgan fingerprint density at radius 1 is 1.07 bits per heavy atom. The Morgan fingerprint density at radius 3 is 2.52 bits per heavy atom. The summed E-state index contributed by atoms with van der Waals surface area (Å²) in [5.41, 5.74) is 1.57. The molecule has 0 saturated heterocycles. The molecule has 0 aliphatic heterocycles. The molecule has 1 aromatic carbocycles. The van der Waals surface area contributed by atoms with Crippen LogP contribution >= 0.6 is 0 Å². The first-order chi connectivity index (χ1) is 14.1. The number of nitrogens with zero attached hydrogens (tertiary/aromatic N) is 2. The van der Waals surface area contributed by atoms with Gasteiger partial charge in [-0.3, -0.25) is 14.0 Å². The number of pyridine rings is 1. The molecule has 7 heteroatoms. The summed E-state index contributed by atoms with van der Waals surface area (Å²) in [7, 11) is 0. The lowest BCUT2D eigenvalue weighted by Gasteiger charge is -2.09. The zero-order valence-corrected chi connectivity index (χ0v) is 16.6. The van der Waals surface area contributed by atoms with Crippen LogP contribution in [0.25, 0.3) is 5.65 Å². The molecule has 7 nitrogen and oxygen atoms in total. The molecule has 0 saturated carbocycles. The van der Waals surface area contributed by atoms with E-state index in [0.717, 1.165) is 17.2 Å². The fourth-order valence-electron chi connectivity index (χ4n) is 2.87. The van der Waals surface area contributed by atoms with E-state index in [1.165, 1.54) is 10.5 Å². The molecule has 0 radical (unpaired) electrons. The average molecular weight is 396 g/mol. The lowest BCUT2D eigenvalue weighted by molar-refractivity contribution is -0.145. The van der Waals surface area contributed by atoms with Gasteiger partial charge in [-0.2, -0.15) is 0 Å². The second kappa shape index (κ2) is 9.73. The minimum Gasteiger partial charge on any atom is -0.494 e. The van der Waals surface area contributed by atoms with Gasteiger partial charge in [0.15, 0.2) is 0 Å². The van der Waals surface area contributed by atoms with Crippen LogP contribution in [0, 0.1) is 6.92 Å². The van der Waals surface area contributed by atoms with Gasteiger partial charge in [0.1, 0.15) is 23.8 Å². The highest BCUT2D eigenvalue weighted by molar-refractivity contribution is 5.69. The third-order valence-corrected chi connectivity index (χ3v) is 4.24. The average Bonchev–Trinajstić information content (AvgIpc) is 2.71. The van der Waals surface area contributed by atoms with E-state index in [2.05, 4.69) is 4.98 Å². The quantitative estimate of drug-likeness (QED) is 0.408. The standard InChI is InChI=1S/C22H24N2O5/c1-3-27-18-9-11-19(12-10-18)28-13-5-8-22(26)29-15-17-14-21(25)24-16(2)6-4-7-20(24)23-17/h4,6-7,9-12,14H,3,5,8,13,15H2,1-2H3. The maximum absolute atomic E-state index is 12.2. The molecule has 0 amide bonds. The number of carbonyl (C=O) groups is 1. The molecule has 0 unspecified atom stereocenters. The first kappa shape index (κ1) is 20.4. The van der Waals surface area contributed by atoms with Crippen LogP contribution < -0.4 is 15.0 Å². The van der Waals surface area contributed by atoms with Crippen molar-refractivity contribution >= 4 is 11.6 Å². The number of aromatic nitrogens is 2. The van der Waals surface area contributed by atoms with E-state index in [1.54, 1.807) is 6.07 Å². The molecule has 0 aliphatic carbocycles. The summed E-state index contributed by atoms with van der Waals surface area (Å²) in [4.78, 5) is 28.5. The topological polar surface area (TPSA) is 79.1 Å². The van der Waals surface area contributed by atoms with Crippen LogP contribution in [0.2, 0.25) is 0 Å². The summed E-state index contributed by atoms with van der Waals surface area (Å²) in [6, 6.07) is 14.1. The van der Waals surface area contributed by atoms with Gasteiger partial charge < -0.3 is 14.2 Å². The van der Waals surface area contributed by atoms with Gasteiger partial charge in [-0.15, -0.1) is 0 Å². The number of aryl methyl sites for hydroxylation is 1. The maximum Gasteiger partial charge on any atom is 0.306 e. The molecule has 0 aliphatic rings. The summed E-state index contributed by atoms with van der Waals surface area (Å²) in [5.74, 6) is 1.16. The van der Waals surface area contributed by atoms with Gasteiger partial charge in [0.05, 0.1) is 18.9 Å². The lowest BCUT2D eigenvalue weighted by atomic mass is 10.3. The van der Waals surface area contributed by atoms with Gasteiger partial charge in [0.2, 0.25) is 0 Å². The van der Waals surface area contributed by atoms with Gasteiger partial charge in [-0.25, -0.2) is 4.98 Å². The van der Waals surface area contributed by atoms with Crippen LogP contribution in [-0.4, -0.2) is 28.6 Å². The van der Waals surface area contributed by atoms with Crippen LogP contribution in [0.1, 0.15) is 31.2 Å². The van der Waals surface area contributed by atoms with Crippen molar-refractivity contribution in [3.8, 4) is 11.5 Å². The van der Waals surface area contributed by atoms with E-state index >= 15 is 0 Å². The number of benzene rings is 1. The van der Waals surface area contributed by atoms with Gasteiger partial charge in [-0.1, -0.05) is 6.07 Å². The van der Waals surface area contributed by atoms with Crippen molar-refractivity contribution in [3.05, 3.63) is 70.3 Å². The van der Waals surface area contributed by atoms with E-state index in [-0.39, 0.29) is 24.6 Å². The van der Waals surface area contributed by atoms with Crippen LogP contribution in [0.5, 0.6) is 11.5 Å². The van der Waals surface area contributed by atoms with E-state index in [0.29, 0.717) is 31.0 Å². The van der Waals surface area contributed by atoms with Crippen molar-refractivity contribution in [2.24, 2.45) is 0 Å². The maximum atomic E-state index is 12.2. The van der Waals surface area contributed by atoms with Crippen molar-refractivity contribution in [3.63, 3.8) is 0 Å². The highest BCUT2D eigenvalue weighted by Gasteiger charge is 2.08. The zero-order chi connectivity index (χ0) is 20.6. The lowest BCUT2D eigenvalue weighted by Crippen LogP contribution is -2.18. The highest BCUT2D eigenvalue weighted by Crippen LogP contribution is 2.17. The van der Waals surface area contributed by atoms with Crippen LogP contribution in [0.3, 0.4) is 0 Å². The van der Waals surface area contributed by atoms with Gasteiger partial charge >= 0.3 is 5.97 Å². The predicted octanol–water partition coefficient (Wildman–Crippen LogP) is 3.30. The number of fused-ring (bicyclic) bond motifs is 1. The molecular weight excluding hydrogens is 372 g/mol. The van der Waals surface area contributed by atoms with Crippen LogP contribution in [0.15, 0.2) is 53.3 Å². The van der Waals surface area contributed by atoms with Crippen LogP contribution in [0.4, 0.5) is 0 Å². The third-order valence-electron chi connectivity index (χ3n) is 4.24. The molecule has 3 rings (SSSR count). The van der Waals surface area contributed by atoms with Gasteiger partial charge in [0, 0.05) is 18.2 Å². The Labute approximate surface area is 168 Å². The SMILES string of the molecule is CCOc1ccc(OCCCC(=O)OCc2cc(=O)n3c(C)cccc3n2)cc1. The molecule has 0 spiro atoms. The zero-order valence-electron chi connectivity index (χ0n) is 16.6. The first-order valence-electron chi connectivity index (χ1n) is 9.56. The largest absolute Gasteiger partial charge is 0.494 e. The fraction of sp³-hybridized carbons (Fsp3) is 0.318. The molecule has 0 fully saturated rings. The van der Waals surface area contributed by atoms with Gasteiger partial charge in [0.25, 0.3) is 5.56 Å². The third kappa shape index (κ3) is 5.57. The van der Waals surface area contributed by atoms with Crippen molar-refractivity contribution in [2.45, 2.75) is 33.3 Å². The van der Waals surface area contributed by atoms with Gasteiger partial charge in [-0.05, 0) is 56.7 Å². The number of hydrogen-bond acceptors (Lipinski definition) is 6. The van der Waals surface area contributed by atoms with Crippen molar-refractivity contribution in [1.29, 1.82) is 0 Å². The molecule has 2 heterocycles. The van der Waals surface area contributed by atoms with E-state index in [9.17, 15) is 9.59 Å². The molecule has 3 aromatic rings. The van der Waals surface area contributed by atoms with E-state index in [1.807, 2.05) is 50.2 Å². The second-order valence-electron chi connectivity index (χ2n) is 6.46. The number of carbonyl (C=O) groups excluding carboxylic acids is 1. The second-order valence-corrected chi connectivity index (χ2v) is 6.46. The molecule has 2 aromatic heterocycles. The highest BCUT2D eigenvalue weighted by atomic mass is 16.5. The summed E-state index contributed by atoms with van der Waals surface area (Å²) in [6.45, 7) is 4.76. The monoisotopic (exact) mass is 396 g/mol. The van der Waals surface area contributed by atoms with Crippen molar-refractivity contribution < 1.29 is 19.0 Å². The Morgan fingerprint density at radius 2 is 1.79 bits per heavy atom. The summed E-state index contributed by atoms with van der Waals surface area (Å²) in [5, 5.41) is 0. The minimum atomic E-state index is -0.355. The molecule has 29 heavy (non-hydrogen) atoms. The predicted molar refractivity (Wildman–Crippen MR) is 108 cm³/mol. The molecular formula is C22H24N2O5. The number of esters is 1. The number of ether oxygens (including phenoxy) is 3. The molecule has 0 bridgehead atoms. The number of rotatable bonds is 9. The summed E-state index contributed by atoms with van der Waals surface area (Å²) >= 11 is 0. The first-order valence-corrected chi connectivity index (χ1v) is 9.56.